The monoisotopic (exact) mass is 338 g/mol. The number of hydrogen-bond acceptors (Lipinski definition) is 4. The van der Waals surface area contributed by atoms with Crippen LogP contribution in [0, 0.1) is 0 Å². The van der Waals surface area contributed by atoms with Crippen molar-refractivity contribution in [3.63, 3.8) is 0 Å². The zero-order chi connectivity index (χ0) is 18.2. The van der Waals surface area contributed by atoms with Crippen LogP contribution >= 0.6 is 0 Å². The van der Waals surface area contributed by atoms with E-state index in [0.29, 0.717) is 11.5 Å². The van der Waals surface area contributed by atoms with E-state index < -0.39 is 11.8 Å². The van der Waals surface area contributed by atoms with Crippen LogP contribution in [0.3, 0.4) is 0 Å². The van der Waals surface area contributed by atoms with Crippen LogP contribution in [0.1, 0.15) is 54.1 Å². The van der Waals surface area contributed by atoms with Crippen LogP contribution in [-0.4, -0.2) is 17.5 Å². The Morgan fingerprint density at radius 2 is 1.52 bits per heavy atom. The largest absolute Gasteiger partial charge is 0.455 e. The smallest absolute Gasteiger partial charge is 0.374 e. The number of ketones is 2. The molecule has 25 heavy (non-hydrogen) atoms. The van der Waals surface area contributed by atoms with Crippen molar-refractivity contribution in [2.45, 2.75) is 39.2 Å². The number of rotatable bonds is 8. The van der Waals surface area contributed by atoms with E-state index in [1.807, 2.05) is 42.5 Å². The van der Waals surface area contributed by atoms with Gasteiger partial charge in [0.05, 0.1) is 0 Å². The molecule has 0 fully saturated rings. The van der Waals surface area contributed by atoms with E-state index in [4.69, 9.17) is 4.74 Å². The maximum Gasteiger partial charge on any atom is 0.374 e. The Morgan fingerprint density at radius 1 is 0.880 bits per heavy atom. The molecule has 0 amide bonds. The molecule has 4 heteroatoms. The quantitative estimate of drug-likeness (QED) is 0.413. The summed E-state index contributed by atoms with van der Waals surface area (Å²) in [7, 11) is 0. The van der Waals surface area contributed by atoms with Crippen molar-refractivity contribution in [3.8, 4) is 0 Å². The maximum atomic E-state index is 12.1. The van der Waals surface area contributed by atoms with Gasteiger partial charge >= 0.3 is 5.97 Å². The Labute approximate surface area is 147 Å². The zero-order valence-electron chi connectivity index (χ0n) is 14.5. The Morgan fingerprint density at radius 3 is 2.12 bits per heavy atom. The molecule has 0 aliphatic carbocycles. The van der Waals surface area contributed by atoms with Crippen LogP contribution in [0.2, 0.25) is 0 Å². The standard InChI is InChI=1S/C21H22O4/c1-15(2)17-8-10-18(11-9-17)19(22)12-13-20(23)21(24)25-14-16-6-4-3-5-7-16/h3-11,15H,12-14H2,1-2H3. The van der Waals surface area contributed by atoms with E-state index >= 15 is 0 Å². The first-order chi connectivity index (χ1) is 12.0. The third-order valence-electron chi connectivity index (χ3n) is 3.92. The van der Waals surface area contributed by atoms with Crippen molar-refractivity contribution in [1.29, 1.82) is 0 Å². The molecule has 0 radical (unpaired) electrons. The van der Waals surface area contributed by atoms with Gasteiger partial charge in [0, 0.05) is 18.4 Å². The van der Waals surface area contributed by atoms with E-state index in [1.54, 1.807) is 12.1 Å². The second-order valence-corrected chi connectivity index (χ2v) is 6.18. The number of Topliss-reactive ketones (excluding diaryl/α,β-unsaturated/α-hetero) is 2. The van der Waals surface area contributed by atoms with Gasteiger partial charge in [-0.25, -0.2) is 4.79 Å². The summed E-state index contributed by atoms with van der Waals surface area (Å²) in [5.74, 6) is -1.33. The van der Waals surface area contributed by atoms with Crippen LogP contribution in [0.5, 0.6) is 0 Å². The van der Waals surface area contributed by atoms with Crippen molar-refractivity contribution in [3.05, 3.63) is 71.3 Å². The maximum absolute atomic E-state index is 12.1. The Kier molecular flexibility index (Phi) is 6.63. The van der Waals surface area contributed by atoms with Crippen LogP contribution in [0.15, 0.2) is 54.6 Å². The van der Waals surface area contributed by atoms with Crippen molar-refractivity contribution < 1.29 is 19.1 Å². The van der Waals surface area contributed by atoms with Gasteiger partial charge in [-0.15, -0.1) is 0 Å². The van der Waals surface area contributed by atoms with Crippen molar-refractivity contribution >= 4 is 17.5 Å². The third-order valence-corrected chi connectivity index (χ3v) is 3.92. The fourth-order valence-electron chi connectivity index (χ4n) is 2.33. The molecule has 0 saturated carbocycles. The van der Waals surface area contributed by atoms with E-state index in [-0.39, 0.29) is 25.2 Å². The van der Waals surface area contributed by atoms with Gasteiger partial charge in [-0.1, -0.05) is 68.4 Å². The molecule has 0 spiro atoms. The third kappa shape index (κ3) is 5.68. The second kappa shape index (κ2) is 8.92. The van der Waals surface area contributed by atoms with Gasteiger partial charge in [-0.3, -0.25) is 9.59 Å². The Balaban J connectivity index is 1.80. The van der Waals surface area contributed by atoms with E-state index in [9.17, 15) is 14.4 Å². The highest BCUT2D eigenvalue weighted by atomic mass is 16.5. The predicted molar refractivity (Wildman–Crippen MR) is 95.3 cm³/mol. The molecule has 130 valence electrons. The first kappa shape index (κ1) is 18.6. The van der Waals surface area contributed by atoms with Gasteiger partial charge in [0.2, 0.25) is 5.78 Å². The molecule has 0 N–H and O–H groups in total. The molecule has 0 bridgehead atoms. The fraction of sp³-hybridized carbons (Fsp3) is 0.286. The predicted octanol–water partition coefficient (Wildman–Crippen LogP) is 4.09. The molecule has 2 aromatic carbocycles. The normalized spacial score (nSPS) is 10.5. The van der Waals surface area contributed by atoms with Crippen LogP contribution in [-0.2, 0) is 20.9 Å². The number of ether oxygens (including phenoxy) is 1. The first-order valence-electron chi connectivity index (χ1n) is 8.34. The van der Waals surface area contributed by atoms with Crippen molar-refractivity contribution in [2.24, 2.45) is 0 Å². The summed E-state index contributed by atoms with van der Waals surface area (Å²) < 4.78 is 4.97. The summed E-state index contributed by atoms with van der Waals surface area (Å²) in [5.41, 5.74) is 2.51. The minimum atomic E-state index is -0.896. The van der Waals surface area contributed by atoms with Gasteiger partial charge in [-0.2, -0.15) is 0 Å². The summed E-state index contributed by atoms with van der Waals surface area (Å²) in [4.78, 5) is 35.6. The Bertz CT molecular complexity index is 730. The number of esters is 1. The summed E-state index contributed by atoms with van der Waals surface area (Å²) in [6.07, 6.45) is -0.140. The molecular formula is C21H22O4. The number of carbonyl (C=O) groups excluding carboxylic acids is 3. The molecule has 4 nitrogen and oxygen atoms in total. The van der Waals surface area contributed by atoms with Gasteiger partial charge in [-0.05, 0) is 17.0 Å². The molecule has 2 aromatic rings. The topological polar surface area (TPSA) is 60.4 Å². The number of benzene rings is 2. The second-order valence-electron chi connectivity index (χ2n) is 6.18. The molecule has 0 aromatic heterocycles. The van der Waals surface area contributed by atoms with Crippen LogP contribution < -0.4 is 0 Å². The highest BCUT2D eigenvalue weighted by Gasteiger charge is 2.17. The van der Waals surface area contributed by atoms with Crippen molar-refractivity contribution in [1.82, 2.24) is 0 Å². The van der Waals surface area contributed by atoms with Gasteiger partial charge in [0.1, 0.15) is 6.61 Å². The summed E-state index contributed by atoms with van der Waals surface area (Å²) in [5, 5.41) is 0. The fourth-order valence-corrected chi connectivity index (χ4v) is 2.33. The minimum absolute atomic E-state index is 0.000293. The van der Waals surface area contributed by atoms with Gasteiger partial charge < -0.3 is 4.74 Å². The lowest BCUT2D eigenvalue weighted by molar-refractivity contribution is -0.154. The van der Waals surface area contributed by atoms with Crippen LogP contribution in [0.25, 0.3) is 0 Å². The molecule has 0 aliphatic rings. The molecule has 0 saturated heterocycles. The lowest BCUT2D eigenvalue weighted by Crippen LogP contribution is -2.18. The summed E-state index contributed by atoms with van der Waals surface area (Å²) >= 11 is 0. The van der Waals surface area contributed by atoms with Crippen LogP contribution in [0.4, 0.5) is 0 Å². The van der Waals surface area contributed by atoms with E-state index in [1.165, 1.54) is 0 Å². The van der Waals surface area contributed by atoms with E-state index in [0.717, 1.165) is 11.1 Å². The number of carbonyl (C=O) groups is 3. The molecule has 2 rings (SSSR count). The molecule has 0 aliphatic heterocycles. The summed E-state index contributed by atoms with van der Waals surface area (Å²) in [6.45, 7) is 4.21. The highest BCUT2D eigenvalue weighted by molar-refractivity contribution is 6.34. The van der Waals surface area contributed by atoms with Crippen molar-refractivity contribution in [2.75, 3.05) is 0 Å². The molecule has 0 heterocycles. The first-order valence-corrected chi connectivity index (χ1v) is 8.34. The lowest BCUT2D eigenvalue weighted by atomic mass is 9.99. The summed E-state index contributed by atoms with van der Waals surface area (Å²) in [6, 6.07) is 16.5. The minimum Gasteiger partial charge on any atom is -0.455 e. The number of hydrogen-bond donors (Lipinski definition) is 0. The SMILES string of the molecule is CC(C)c1ccc(C(=O)CCC(=O)C(=O)OCc2ccccc2)cc1. The molecule has 0 atom stereocenters. The average Bonchev–Trinajstić information content (AvgIpc) is 2.64. The molecular weight excluding hydrogens is 316 g/mol. The Hall–Kier alpha value is -2.75. The van der Waals surface area contributed by atoms with Gasteiger partial charge in [0.15, 0.2) is 5.78 Å². The van der Waals surface area contributed by atoms with E-state index in [2.05, 4.69) is 13.8 Å². The highest BCUT2D eigenvalue weighted by Crippen LogP contribution is 2.16. The lowest BCUT2D eigenvalue weighted by Gasteiger charge is -2.06. The average molecular weight is 338 g/mol. The zero-order valence-corrected chi connectivity index (χ0v) is 14.5. The molecule has 0 unspecified atom stereocenters. The van der Waals surface area contributed by atoms with Gasteiger partial charge in [0.25, 0.3) is 0 Å².